The molecule has 0 saturated carbocycles. The molecule has 128 valence electrons. The molecule has 0 unspecified atom stereocenters. The normalized spacial score (nSPS) is 11.6. The molecule has 0 fully saturated rings. The molecule has 0 aromatic carbocycles. The zero-order valence-electron chi connectivity index (χ0n) is 13.8. The van der Waals surface area contributed by atoms with Gasteiger partial charge >= 0.3 is 0 Å². The van der Waals surface area contributed by atoms with Gasteiger partial charge in [0.05, 0.1) is 12.2 Å². The van der Waals surface area contributed by atoms with E-state index < -0.39 is 0 Å². The Labute approximate surface area is 163 Å². The maximum Gasteiger partial charge on any atom is 0.191 e. The summed E-state index contributed by atoms with van der Waals surface area (Å²) in [6.07, 6.45) is 6.40. The molecule has 2 aromatic rings. The van der Waals surface area contributed by atoms with Gasteiger partial charge in [-0.2, -0.15) is 0 Å². The molecule has 0 aliphatic heterocycles. The Balaban J connectivity index is 0.00000264. The lowest BCUT2D eigenvalue weighted by Crippen LogP contribution is -2.39. The minimum atomic E-state index is 0. The van der Waals surface area contributed by atoms with E-state index in [2.05, 4.69) is 50.4 Å². The molecular formula is C16H25BrIN5. The molecule has 2 rings (SSSR count). The van der Waals surface area contributed by atoms with Gasteiger partial charge in [-0.25, -0.2) is 4.98 Å². The fourth-order valence-electron chi connectivity index (χ4n) is 2.32. The number of nitrogens with zero attached hydrogens (tertiary/aromatic N) is 3. The second kappa shape index (κ2) is 10.1. The third-order valence-corrected chi connectivity index (χ3v) is 4.31. The summed E-state index contributed by atoms with van der Waals surface area (Å²) >= 11 is 3.47. The molecular weight excluding hydrogens is 469 g/mol. The van der Waals surface area contributed by atoms with Crippen molar-refractivity contribution in [3.8, 4) is 0 Å². The number of pyridine rings is 1. The van der Waals surface area contributed by atoms with Crippen molar-refractivity contribution < 1.29 is 0 Å². The molecule has 23 heavy (non-hydrogen) atoms. The van der Waals surface area contributed by atoms with Crippen LogP contribution in [0.2, 0.25) is 0 Å². The van der Waals surface area contributed by atoms with E-state index in [0.717, 1.165) is 28.3 Å². The van der Waals surface area contributed by atoms with E-state index in [1.54, 1.807) is 7.05 Å². The smallest absolute Gasteiger partial charge is 0.191 e. The van der Waals surface area contributed by atoms with Crippen LogP contribution in [0.25, 0.3) is 5.65 Å². The van der Waals surface area contributed by atoms with Gasteiger partial charge in [-0.3, -0.25) is 4.99 Å². The average Bonchev–Trinajstić information content (AvgIpc) is 2.93. The molecule has 0 aliphatic rings. The lowest BCUT2D eigenvalue weighted by Gasteiger charge is -2.16. The number of aliphatic imine (C=N–C) groups is 1. The minimum Gasteiger partial charge on any atom is -0.356 e. The quantitative estimate of drug-likeness (QED) is 0.365. The molecule has 0 saturated heterocycles. The standard InChI is InChI=1S/C16H24BrN5.HI/c1-4-12(5-2)8-19-16(18-3)20-9-14-11-22-10-13(17)6-7-15(22)21-14;/h6-7,10-12H,4-5,8-9H2,1-3H3,(H2,18,19,20);1H. The number of hydrogen-bond donors (Lipinski definition) is 2. The summed E-state index contributed by atoms with van der Waals surface area (Å²) in [6, 6.07) is 3.99. The monoisotopic (exact) mass is 493 g/mol. The van der Waals surface area contributed by atoms with Crippen LogP contribution in [0.15, 0.2) is 34.0 Å². The highest BCUT2D eigenvalue weighted by molar-refractivity contribution is 14.0. The Hall–Kier alpha value is -0.830. The fourth-order valence-corrected chi connectivity index (χ4v) is 2.67. The van der Waals surface area contributed by atoms with Crippen LogP contribution in [0.5, 0.6) is 0 Å². The van der Waals surface area contributed by atoms with Crippen molar-refractivity contribution in [2.24, 2.45) is 10.9 Å². The van der Waals surface area contributed by atoms with Crippen LogP contribution in [-0.4, -0.2) is 28.9 Å². The second-order valence-corrected chi connectivity index (χ2v) is 6.25. The van der Waals surface area contributed by atoms with Crippen LogP contribution in [0.3, 0.4) is 0 Å². The molecule has 0 atom stereocenters. The lowest BCUT2D eigenvalue weighted by atomic mass is 10.0. The van der Waals surface area contributed by atoms with Gasteiger partial charge in [0.25, 0.3) is 0 Å². The molecule has 0 spiro atoms. The first-order valence-corrected chi connectivity index (χ1v) is 8.53. The Kier molecular flexibility index (Phi) is 8.90. The summed E-state index contributed by atoms with van der Waals surface area (Å²) < 4.78 is 3.06. The van der Waals surface area contributed by atoms with Crippen LogP contribution in [0, 0.1) is 5.92 Å². The predicted molar refractivity (Wildman–Crippen MR) is 111 cm³/mol. The fraction of sp³-hybridized carbons (Fsp3) is 0.500. The number of aromatic nitrogens is 2. The first-order valence-electron chi connectivity index (χ1n) is 7.73. The van der Waals surface area contributed by atoms with Gasteiger partial charge in [-0.15, -0.1) is 24.0 Å². The van der Waals surface area contributed by atoms with E-state index >= 15 is 0 Å². The van der Waals surface area contributed by atoms with Crippen LogP contribution in [-0.2, 0) is 6.54 Å². The van der Waals surface area contributed by atoms with Crippen molar-refractivity contribution in [3.05, 3.63) is 34.7 Å². The predicted octanol–water partition coefficient (Wildman–Crippen LogP) is 3.82. The van der Waals surface area contributed by atoms with Gasteiger partial charge in [-0.05, 0) is 34.0 Å². The average molecular weight is 494 g/mol. The number of imidazole rings is 1. The third kappa shape index (κ3) is 5.95. The van der Waals surface area contributed by atoms with Crippen molar-refractivity contribution in [3.63, 3.8) is 0 Å². The molecule has 2 N–H and O–H groups in total. The minimum absolute atomic E-state index is 0. The molecule has 0 amide bonds. The highest BCUT2D eigenvalue weighted by atomic mass is 127. The largest absolute Gasteiger partial charge is 0.356 e. The Bertz CT molecular complexity index is 636. The van der Waals surface area contributed by atoms with Crippen molar-refractivity contribution in [2.75, 3.05) is 13.6 Å². The lowest BCUT2D eigenvalue weighted by molar-refractivity contribution is 0.481. The summed E-state index contributed by atoms with van der Waals surface area (Å²) in [5.74, 6) is 1.51. The third-order valence-electron chi connectivity index (χ3n) is 3.84. The number of guanidine groups is 1. The van der Waals surface area contributed by atoms with E-state index in [-0.39, 0.29) is 24.0 Å². The molecule has 5 nitrogen and oxygen atoms in total. The SMILES string of the molecule is CCC(CC)CNC(=NC)NCc1cn2cc(Br)ccc2n1.I. The summed E-state index contributed by atoms with van der Waals surface area (Å²) in [7, 11) is 1.79. The zero-order valence-corrected chi connectivity index (χ0v) is 17.8. The maximum absolute atomic E-state index is 4.58. The van der Waals surface area contributed by atoms with Crippen LogP contribution < -0.4 is 10.6 Å². The summed E-state index contributed by atoms with van der Waals surface area (Å²) in [5, 5.41) is 6.70. The Morgan fingerprint density at radius 3 is 2.65 bits per heavy atom. The van der Waals surface area contributed by atoms with Gasteiger partial charge in [-0.1, -0.05) is 26.7 Å². The van der Waals surface area contributed by atoms with Crippen molar-refractivity contribution >= 4 is 51.5 Å². The van der Waals surface area contributed by atoms with Gasteiger partial charge in [0.1, 0.15) is 5.65 Å². The second-order valence-electron chi connectivity index (χ2n) is 5.33. The van der Waals surface area contributed by atoms with Gasteiger partial charge in [0, 0.05) is 30.5 Å². The van der Waals surface area contributed by atoms with Gasteiger partial charge < -0.3 is 15.0 Å². The molecule has 7 heteroatoms. The van der Waals surface area contributed by atoms with Crippen LogP contribution in [0.4, 0.5) is 0 Å². The number of halogens is 2. The number of rotatable bonds is 6. The Morgan fingerprint density at radius 1 is 1.26 bits per heavy atom. The Morgan fingerprint density at radius 2 is 2.00 bits per heavy atom. The summed E-state index contributed by atoms with van der Waals surface area (Å²) in [5.41, 5.74) is 1.93. The van der Waals surface area contributed by atoms with E-state index in [9.17, 15) is 0 Å². The van der Waals surface area contributed by atoms with E-state index in [1.807, 2.05) is 28.9 Å². The maximum atomic E-state index is 4.58. The van der Waals surface area contributed by atoms with Crippen molar-refractivity contribution in [2.45, 2.75) is 33.2 Å². The van der Waals surface area contributed by atoms with E-state index in [1.165, 1.54) is 12.8 Å². The number of fused-ring (bicyclic) bond motifs is 1. The molecule has 0 radical (unpaired) electrons. The molecule has 0 bridgehead atoms. The summed E-state index contributed by atoms with van der Waals surface area (Å²) in [4.78, 5) is 8.85. The van der Waals surface area contributed by atoms with Crippen LogP contribution >= 0.6 is 39.9 Å². The van der Waals surface area contributed by atoms with Gasteiger partial charge in [0.15, 0.2) is 5.96 Å². The van der Waals surface area contributed by atoms with Crippen LogP contribution in [0.1, 0.15) is 32.4 Å². The highest BCUT2D eigenvalue weighted by Crippen LogP contribution is 2.12. The number of nitrogens with one attached hydrogen (secondary N) is 2. The molecule has 2 aromatic heterocycles. The topological polar surface area (TPSA) is 53.7 Å². The number of hydrogen-bond acceptors (Lipinski definition) is 2. The molecule has 0 aliphatic carbocycles. The van der Waals surface area contributed by atoms with E-state index in [0.29, 0.717) is 12.5 Å². The molecule has 2 heterocycles. The first-order chi connectivity index (χ1) is 10.7. The van der Waals surface area contributed by atoms with E-state index in [4.69, 9.17) is 0 Å². The van der Waals surface area contributed by atoms with Crippen molar-refractivity contribution in [1.29, 1.82) is 0 Å². The highest BCUT2D eigenvalue weighted by Gasteiger charge is 2.06. The zero-order chi connectivity index (χ0) is 15.9. The van der Waals surface area contributed by atoms with Gasteiger partial charge in [0.2, 0.25) is 0 Å². The summed E-state index contributed by atoms with van der Waals surface area (Å²) in [6.45, 7) is 6.05. The first kappa shape index (κ1) is 20.2. The van der Waals surface area contributed by atoms with Crippen molar-refractivity contribution in [1.82, 2.24) is 20.0 Å².